The lowest BCUT2D eigenvalue weighted by atomic mass is 9.62. The van der Waals surface area contributed by atoms with Gasteiger partial charge in [-0.05, 0) is 49.5 Å². The van der Waals surface area contributed by atoms with E-state index < -0.39 is 11.5 Å². The minimum Gasteiger partial charge on any atom is -0.480 e. The number of rotatable bonds is 4. The van der Waals surface area contributed by atoms with Crippen LogP contribution in [0, 0.1) is 17.3 Å². The summed E-state index contributed by atoms with van der Waals surface area (Å²) in [6.45, 7) is 7.43. The summed E-state index contributed by atoms with van der Waals surface area (Å²) < 4.78 is 0. The molecule has 0 aliphatic heterocycles. The molecule has 0 radical (unpaired) electrons. The van der Waals surface area contributed by atoms with Crippen LogP contribution in [-0.4, -0.2) is 23.2 Å². The molecule has 0 aromatic carbocycles. The van der Waals surface area contributed by atoms with Crippen molar-refractivity contribution in [2.24, 2.45) is 17.3 Å². The zero-order valence-corrected chi connectivity index (χ0v) is 12.0. The largest absolute Gasteiger partial charge is 0.480 e. The maximum atomic E-state index is 11.9. The van der Waals surface area contributed by atoms with Crippen molar-refractivity contribution in [3.63, 3.8) is 0 Å². The summed E-state index contributed by atoms with van der Waals surface area (Å²) in [7, 11) is 0. The van der Waals surface area contributed by atoms with E-state index >= 15 is 0 Å². The molecule has 2 aliphatic carbocycles. The first-order valence-electron chi connectivity index (χ1n) is 7.35. The quantitative estimate of drug-likeness (QED) is 0.809. The maximum Gasteiger partial charge on any atom is 0.324 e. The van der Waals surface area contributed by atoms with Crippen molar-refractivity contribution in [1.29, 1.82) is 0 Å². The maximum absolute atomic E-state index is 11.9. The molecule has 2 rings (SSSR count). The molecule has 0 aromatic heterocycles. The lowest BCUT2D eigenvalue weighted by Crippen LogP contribution is -2.62. The summed E-state index contributed by atoms with van der Waals surface area (Å²) in [5.41, 5.74) is -0.631. The molecule has 0 bridgehead atoms. The van der Waals surface area contributed by atoms with E-state index in [2.05, 4.69) is 26.1 Å². The molecular weight excluding hydrogens is 226 g/mol. The fraction of sp³-hybridized carbons (Fsp3) is 0.933. The van der Waals surface area contributed by atoms with Gasteiger partial charge in [0, 0.05) is 0 Å². The zero-order valence-electron chi connectivity index (χ0n) is 12.0. The van der Waals surface area contributed by atoms with Gasteiger partial charge in [-0.3, -0.25) is 4.79 Å². The van der Waals surface area contributed by atoms with Crippen LogP contribution in [0.25, 0.3) is 0 Å². The highest BCUT2D eigenvalue weighted by Gasteiger charge is 2.51. The van der Waals surface area contributed by atoms with Crippen molar-refractivity contribution in [2.75, 3.05) is 6.54 Å². The van der Waals surface area contributed by atoms with Gasteiger partial charge < -0.3 is 10.4 Å². The van der Waals surface area contributed by atoms with Crippen molar-refractivity contribution in [3.8, 4) is 0 Å². The summed E-state index contributed by atoms with van der Waals surface area (Å²) >= 11 is 0. The third-order valence-electron chi connectivity index (χ3n) is 4.74. The third-order valence-corrected chi connectivity index (χ3v) is 4.74. The minimum absolute atomic E-state index is 0.0510. The first-order valence-corrected chi connectivity index (χ1v) is 7.35. The molecule has 0 aromatic rings. The molecule has 0 spiro atoms. The average Bonchev–Trinajstić information content (AvgIpc) is 3.09. The zero-order chi connectivity index (χ0) is 13.4. The molecule has 2 aliphatic rings. The standard InChI is InChI=1S/C15H27NO2/c1-14(2,3)12-6-4-5-9-15(12,13(17)18)16-10-11-7-8-11/h11-12,16H,4-10H2,1-3H3,(H,17,18). The number of carbonyl (C=O) groups is 1. The van der Waals surface area contributed by atoms with Gasteiger partial charge in [0.1, 0.15) is 5.54 Å². The number of carboxylic acid groups (broad SMARTS) is 1. The van der Waals surface area contributed by atoms with Crippen molar-refractivity contribution in [2.45, 2.75) is 64.8 Å². The molecule has 18 heavy (non-hydrogen) atoms. The fourth-order valence-electron chi connectivity index (χ4n) is 3.54. The summed E-state index contributed by atoms with van der Waals surface area (Å²) in [5, 5.41) is 13.2. The molecule has 2 unspecified atom stereocenters. The highest BCUT2D eigenvalue weighted by molar-refractivity contribution is 5.79. The van der Waals surface area contributed by atoms with Crippen LogP contribution in [0.4, 0.5) is 0 Å². The van der Waals surface area contributed by atoms with Gasteiger partial charge >= 0.3 is 5.97 Å². The first-order chi connectivity index (χ1) is 8.36. The molecule has 2 saturated carbocycles. The van der Waals surface area contributed by atoms with Gasteiger partial charge in [0.05, 0.1) is 0 Å². The van der Waals surface area contributed by atoms with Crippen LogP contribution in [0.2, 0.25) is 0 Å². The second-order valence-corrected chi connectivity index (χ2v) is 7.27. The molecule has 2 atom stereocenters. The van der Waals surface area contributed by atoms with Gasteiger partial charge in [0.2, 0.25) is 0 Å². The molecular formula is C15H27NO2. The van der Waals surface area contributed by atoms with Crippen LogP contribution in [-0.2, 0) is 4.79 Å². The van der Waals surface area contributed by atoms with Crippen molar-refractivity contribution < 1.29 is 9.90 Å². The summed E-state index contributed by atoms with van der Waals surface area (Å²) in [6, 6.07) is 0. The highest BCUT2D eigenvalue weighted by atomic mass is 16.4. The molecule has 0 saturated heterocycles. The summed E-state index contributed by atoms with van der Waals surface area (Å²) in [4.78, 5) is 11.9. The number of carboxylic acids is 1. The molecule has 0 heterocycles. The monoisotopic (exact) mass is 253 g/mol. The fourth-order valence-corrected chi connectivity index (χ4v) is 3.54. The molecule has 0 amide bonds. The second-order valence-electron chi connectivity index (χ2n) is 7.27. The molecule has 2 N–H and O–H groups in total. The van der Waals surface area contributed by atoms with Crippen molar-refractivity contribution in [1.82, 2.24) is 5.32 Å². The Labute approximate surface area is 110 Å². The van der Waals surface area contributed by atoms with E-state index in [1.807, 2.05) is 0 Å². The molecule has 3 nitrogen and oxygen atoms in total. The Bertz CT molecular complexity index is 317. The number of hydrogen-bond acceptors (Lipinski definition) is 2. The van der Waals surface area contributed by atoms with Crippen LogP contribution in [0.3, 0.4) is 0 Å². The van der Waals surface area contributed by atoms with Gasteiger partial charge in [-0.1, -0.05) is 33.6 Å². The Morgan fingerprint density at radius 3 is 2.44 bits per heavy atom. The van der Waals surface area contributed by atoms with E-state index in [4.69, 9.17) is 0 Å². The van der Waals surface area contributed by atoms with E-state index in [1.54, 1.807) is 0 Å². The SMILES string of the molecule is CC(C)(C)C1CCCCC1(NCC1CC1)C(=O)O. The third kappa shape index (κ3) is 2.71. The van der Waals surface area contributed by atoms with Crippen LogP contribution in [0.5, 0.6) is 0 Å². The molecule has 104 valence electrons. The smallest absolute Gasteiger partial charge is 0.324 e. The molecule has 2 fully saturated rings. The Morgan fingerprint density at radius 2 is 1.94 bits per heavy atom. The number of hydrogen-bond donors (Lipinski definition) is 2. The van der Waals surface area contributed by atoms with Crippen molar-refractivity contribution in [3.05, 3.63) is 0 Å². The minimum atomic E-state index is -0.681. The molecule has 3 heteroatoms. The Morgan fingerprint density at radius 1 is 1.28 bits per heavy atom. The number of aliphatic carboxylic acids is 1. The van der Waals surface area contributed by atoms with Crippen molar-refractivity contribution >= 4 is 5.97 Å². The lowest BCUT2D eigenvalue weighted by Gasteiger charge is -2.48. The van der Waals surface area contributed by atoms with Gasteiger partial charge in [0.15, 0.2) is 0 Å². The Kier molecular flexibility index (Phi) is 3.72. The predicted molar refractivity (Wildman–Crippen MR) is 72.5 cm³/mol. The Hall–Kier alpha value is -0.570. The van der Waals surface area contributed by atoms with Crippen LogP contribution in [0.1, 0.15) is 59.3 Å². The van der Waals surface area contributed by atoms with E-state index in [0.717, 1.165) is 31.7 Å². The summed E-state index contributed by atoms with van der Waals surface area (Å²) in [5.74, 6) is 0.321. The van der Waals surface area contributed by atoms with Gasteiger partial charge in [-0.15, -0.1) is 0 Å². The Balaban J connectivity index is 2.19. The van der Waals surface area contributed by atoms with E-state index in [0.29, 0.717) is 0 Å². The van der Waals surface area contributed by atoms with Gasteiger partial charge in [-0.2, -0.15) is 0 Å². The highest BCUT2D eigenvalue weighted by Crippen LogP contribution is 2.45. The predicted octanol–water partition coefficient (Wildman–Crippen LogP) is 3.05. The number of nitrogens with one attached hydrogen (secondary N) is 1. The van der Waals surface area contributed by atoms with Crippen LogP contribution < -0.4 is 5.32 Å². The van der Waals surface area contributed by atoms with Gasteiger partial charge in [0.25, 0.3) is 0 Å². The first kappa shape index (κ1) is 13.9. The second kappa shape index (κ2) is 4.84. The topological polar surface area (TPSA) is 49.3 Å². The normalized spacial score (nSPS) is 33.4. The summed E-state index contributed by atoms with van der Waals surface area (Å²) in [6.07, 6.45) is 6.56. The lowest BCUT2D eigenvalue weighted by molar-refractivity contribution is -0.152. The van der Waals surface area contributed by atoms with E-state index in [-0.39, 0.29) is 11.3 Å². The average molecular weight is 253 g/mol. The van der Waals surface area contributed by atoms with Gasteiger partial charge in [-0.25, -0.2) is 0 Å². The van der Waals surface area contributed by atoms with Crippen LogP contribution in [0.15, 0.2) is 0 Å². The van der Waals surface area contributed by atoms with E-state index in [9.17, 15) is 9.90 Å². The van der Waals surface area contributed by atoms with E-state index in [1.165, 1.54) is 19.3 Å². The van der Waals surface area contributed by atoms with Crippen LogP contribution >= 0.6 is 0 Å².